The minimum Gasteiger partial charge on any atom is -0.481 e. The molecule has 1 saturated carbocycles. The molecule has 1 unspecified atom stereocenters. The number of imide groups is 1. The van der Waals surface area contributed by atoms with Gasteiger partial charge < -0.3 is 15.3 Å². The van der Waals surface area contributed by atoms with Crippen molar-refractivity contribution < 1.29 is 19.5 Å². The van der Waals surface area contributed by atoms with Gasteiger partial charge in [0.2, 0.25) is 5.91 Å². The van der Waals surface area contributed by atoms with Crippen LogP contribution >= 0.6 is 0 Å². The van der Waals surface area contributed by atoms with Gasteiger partial charge in [0.1, 0.15) is 0 Å². The Hall–Kier alpha value is -1.63. The summed E-state index contributed by atoms with van der Waals surface area (Å²) in [7, 11) is 2.01. The summed E-state index contributed by atoms with van der Waals surface area (Å²) in [5.74, 6) is -1.69. The largest absolute Gasteiger partial charge is 0.481 e. The number of likely N-dealkylation sites (N-methyl/N-ethyl adjacent to an activating group) is 1. The number of rotatable bonds is 8. The molecule has 0 aliphatic heterocycles. The minimum atomic E-state index is -0.946. The molecule has 1 fully saturated rings. The highest BCUT2D eigenvalue weighted by molar-refractivity contribution is 5.94. The lowest BCUT2D eigenvalue weighted by molar-refractivity contribution is -0.138. The van der Waals surface area contributed by atoms with Gasteiger partial charge in [-0.25, -0.2) is 4.79 Å². The molecular formula is C13H23N3O4. The SMILES string of the molecule is CC(CC(=O)O)CC(=O)NC(=O)NCCN(C)C1CC1. The summed E-state index contributed by atoms with van der Waals surface area (Å²) in [6.07, 6.45) is 2.37. The van der Waals surface area contributed by atoms with Crippen LogP contribution in [0.15, 0.2) is 0 Å². The molecule has 0 radical (unpaired) electrons. The number of carbonyl (C=O) groups is 3. The number of hydrogen-bond acceptors (Lipinski definition) is 4. The molecule has 0 aromatic rings. The van der Waals surface area contributed by atoms with Gasteiger partial charge in [-0.05, 0) is 25.8 Å². The highest BCUT2D eigenvalue weighted by Crippen LogP contribution is 2.24. The summed E-state index contributed by atoms with van der Waals surface area (Å²) in [4.78, 5) is 35.6. The van der Waals surface area contributed by atoms with E-state index in [1.54, 1.807) is 6.92 Å². The van der Waals surface area contributed by atoms with Crippen molar-refractivity contribution in [2.24, 2.45) is 5.92 Å². The third-order valence-corrected chi connectivity index (χ3v) is 3.23. The Kier molecular flexibility index (Phi) is 6.44. The number of urea groups is 1. The minimum absolute atomic E-state index is 0.0295. The summed E-state index contributed by atoms with van der Waals surface area (Å²) in [6, 6.07) is 0.111. The van der Waals surface area contributed by atoms with Gasteiger partial charge in [0, 0.05) is 32.0 Å². The molecule has 0 saturated heterocycles. The Bertz CT molecular complexity index is 369. The van der Waals surface area contributed by atoms with E-state index in [1.807, 2.05) is 7.05 Å². The van der Waals surface area contributed by atoms with Crippen molar-refractivity contribution in [3.05, 3.63) is 0 Å². The van der Waals surface area contributed by atoms with E-state index >= 15 is 0 Å². The van der Waals surface area contributed by atoms with Gasteiger partial charge in [0.15, 0.2) is 0 Å². The van der Waals surface area contributed by atoms with Crippen LogP contribution in [0.1, 0.15) is 32.6 Å². The molecule has 0 aromatic carbocycles. The second kappa shape index (κ2) is 7.84. The van der Waals surface area contributed by atoms with E-state index < -0.39 is 17.9 Å². The smallest absolute Gasteiger partial charge is 0.321 e. The summed E-state index contributed by atoms with van der Waals surface area (Å²) >= 11 is 0. The number of carbonyl (C=O) groups excluding carboxylic acids is 2. The molecule has 114 valence electrons. The molecule has 1 rings (SSSR count). The van der Waals surface area contributed by atoms with E-state index in [9.17, 15) is 14.4 Å². The number of nitrogens with one attached hydrogen (secondary N) is 2. The van der Waals surface area contributed by atoms with Crippen molar-refractivity contribution in [3.8, 4) is 0 Å². The highest BCUT2D eigenvalue weighted by Gasteiger charge is 2.25. The molecule has 7 heteroatoms. The Morgan fingerprint density at radius 3 is 2.50 bits per heavy atom. The van der Waals surface area contributed by atoms with Crippen molar-refractivity contribution in [3.63, 3.8) is 0 Å². The van der Waals surface area contributed by atoms with Gasteiger partial charge in [0.25, 0.3) is 0 Å². The van der Waals surface area contributed by atoms with Crippen LogP contribution in [0.2, 0.25) is 0 Å². The average molecular weight is 285 g/mol. The molecular weight excluding hydrogens is 262 g/mol. The molecule has 3 amide bonds. The molecule has 0 heterocycles. The second-order valence-electron chi connectivity index (χ2n) is 5.42. The van der Waals surface area contributed by atoms with Crippen LogP contribution in [-0.2, 0) is 9.59 Å². The lowest BCUT2D eigenvalue weighted by Gasteiger charge is -2.16. The molecule has 1 atom stereocenters. The van der Waals surface area contributed by atoms with Crippen LogP contribution < -0.4 is 10.6 Å². The number of nitrogens with zero attached hydrogens (tertiary/aromatic N) is 1. The van der Waals surface area contributed by atoms with Crippen LogP contribution in [-0.4, -0.2) is 54.1 Å². The quantitative estimate of drug-likeness (QED) is 0.600. The monoisotopic (exact) mass is 285 g/mol. The van der Waals surface area contributed by atoms with Gasteiger partial charge >= 0.3 is 12.0 Å². The number of amides is 3. The number of hydrogen-bond donors (Lipinski definition) is 3. The van der Waals surface area contributed by atoms with Gasteiger partial charge in [-0.2, -0.15) is 0 Å². The van der Waals surface area contributed by atoms with Gasteiger partial charge in [-0.3, -0.25) is 14.9 Å². The zero-order chi connectivity index (χ0) is 15.1. The molecule has 0 bridgehead atoms. The lowest BCUT2D eigenvalue weighted by Crippen LogP contribution is -2.42. The zero-order valence-electron chi connectivity index (χ0n) is 12.0. The van der Waals surface area contributed by atoms with E-state index in [1.165, 1.54) is 12.8 Å². The standard InChI is InChI=1S/C13H23N3O4/c1-9(8-12(18)19)7-11(17)15-13(20)14-5-6-16(2)10-3-4-10/h9-10H,3-8H2,1-2H3,(H,18,19)(H2,14,15,17,20). The van der Waals surface area contributed by atoms with Crippen molar-refractivity contribution in [2.75, 3.05) is 20.1 Å². The number of carboxylic acid groups (broad SMARTS) is 1. The molecule has 3 N–H and O–H groups in total. The molecule has 20 heavy (non-hydrogen) atoms. The molecule has 7 nitrogen and oxygen atoms in total. The molecule has 0 aromatic heterocycles. The van der Waals surface area contributed by atoms with E-state index in [0.717, 1.165) is 6.54 Å². The van der Waals surface area contributed by atoms with Crippen LogP contribution in [0.4, 0.5) is 4.79 Å². The average Bonchev–Trinajstić information content (AvgIpc) is 3.10. The van der Waals surface area contributed by atoms with E-state index in [2.05, 4.69) is 15.5 Å². The molecule has 0 spiro atoms. The Morgan fingerprint density at radius 2 is 1.95 bits per heavy atom. The second-order valence-corrected chi connectivity index (χ2v) is 5.42. The Labute approximate surface area is 118 Å². The first-order valence-electron chi connectivity index (χ1n) is 6.88. The lowest BCUT2D eigenvalue weighted by atomic mass is 10.0. The van der Waals surface area contributed by atoms with Crippen molar-refractivity contribution >= 4 is 17.9 Å². The molecule has 1 aliphatic rings. The Morgan fingerprint density at radius 1 is 1.30 bits per heavy atom. The predicted octanol–water partition coefficient (Wildman–Crippen LogP) is 0.407. The van der Waals surface area contributed by atoms with Gasteiger partial charge in [-0.15, -0.1) is 0 Å². The fourth-order valence-electron chi connectivity index (χ4n) is 1.95. The first-order chi connectivity index (χ1) is 9.38. The van der Waals surface area contributed by atoms with Crippen LogP contribution in [0.3, 0.4) is 0 Å². The normalized spacial score (nSPS) is 15.8. The number of carboxylic acids is 1. The van der Waals surface area contributed by atoms with Crippen molar-refractivity contribution in [1.82, 2.24) is 15.5 Å². The summed E-state index contributed by atoms with van der Waals surface area (Å²) < 4.78 is 0. The van der Waals surface area contributed by atoms with E-state index in [-0.39, 0.29) is 18.8 Å². The van der Waals surface area contributed by atoms with Gasteiger partial charge in [0.05, 0.1) is 0 Å². The zero-order valence-corrected chi connectivity index (χ0v) is 12.0. The third kappa shape index (κ3) is 7.08. The Balaban J connectivity index is 2.10. The van der Waals surface area contributed by atoms with Crippen LogP contribution in [0, 0.1) is 5.92 Å². The third-order valence-electron chi connectivity index (χ3n) is 3.23. The first-order valence-corrected chi connectivity index (χ1v) is 6.88. The summed E-state index contributed by atoms with van der Waals surface area (Å²) in [5, 5.41) is 13.4. The topological polar surface area (TPSA) is 98.7 Å². The van der Waals surface area contributed by atoms with Crippen LogP contribution in [0.5, 0.6) is 0 Å². The van der Waals surface area contributed by atoms with E-state index in [4.69, 9.17) is 5.11 Å². The number of aliphatic carboxylic acids is 1. The summed E-state index contributed by atoms with van der Waals surface area (Å²) in [6.45, 7) is 2.90. The van der Waals surface area contributed by atoms with Crippen molar-refractivity contribution in [2.45, 2.75) is 38.6 Å². The molecule has 1 aliphatic carbocycles. The maximum absolute atomic E-state index is 11.5. The predicted molar refractivity (Wildman–Crippen MR) is 73.2 cm³/mol. The maximum Gasteiger partial charge on any atom is 0.321 e. The first kappa shape index (κ1) is 16.4. The maximum atomic E-state index is 11.5. The fourth-order valence-corrected chi connectivity index (χ4v) is 1.95. The van der Waals surface area contributed by atoms with Crippen LogP contribution in [0.25, 0.3) is 0 Å². The van der Waals surface area contributed by atoms with Crippen molar-refractivity contribution in [1.29, 1.82) is 0 Å². The van der Waals surface area contributed by atoms with Gasteiger partial charge in [-0.1, -0.05) is 6.92 Å². The highest BCUT2D eigenvalue weighted by atomic mass is 16.4. The fraction of sp³-hybridized carbons (Fsp3) is 0.769. The van der Waals surface area contributed by atoms with E-state index in [0.29, 0.717) is 12.6 Å². The summed E-state index contributed by atoms with van der Waals surface area (Å²) in [5.41, 5.74) is 0.